The zero-order valence-corrected chi connectivity index (χ0v) is 9.59. The van der Waals surface area contributed by atoms with E-state index in [1.54, 1.807) is 6.08 Å². The van der Waals surface area contributed by atoms with Gasteiger partial charge >= 0.3 is 0 Å². The highest BCUT2D eigenvalue weighted by Gasteiger charge is 2.22. The molecule has 4 nitrogen and oxygen atoms in total. The fraction of sp³-hybridized carbons (Fsp3) is 0.800. The first-order valence-electron chi connectivity index (χ1n) is 5.51. The highest BCUT2D eigenvalue weighted by atomic mass is 32.2. The Morgan fingerprint density at radius 1 is 1.47 bits per heavy atom. The predicted octanol–water partition coefficient (Wildman–Crippen LogP) is -0.114. The van der Waals surface area contributed by atoms with Gasteiger partial charge in [0.25, 0.3) is 0 Å². The Morgan fingerprint density at radius 3 is 2.93 bits per heavy atom. The lowest BCUT2D eigenvalue weighted by Gasteiger charge is -2.24. The van der Waals surface area contributed by atoms with Crippen molar-refractivity contribution in [3.8, 4) is 0 Å². The van der Waals surface area contributed by atoms with Crippen LogP contribution in [0.4, 0.5) is 0 Å². The summed E-state index contributed by atoms with van der Waals surface area (Å²) >= 11 is 0. The number of piperidine rings is 1. The third-order valence-electron chi connectivity index (χ3n) is 3.00. The summed E-state index contributed by atoms with van der Waals surface area (Å²) in [6.45, 7) is 3.09. The smallest absolute Gasteiger partial charge is 0.173 e. The summed E-state index contributed by atoms with van der Waals surface area (Å²) in [5.74, 6) is 0.878. The predicted molar refractivity (Wildman–Crippen MR) is 60.3 cm³/mol. The molecule has 0 amide bonds. The molecule has 0 spiro atoms. The number of sulfone groups is 1. The molecule has 2 rings (SSSR count). The van der Waals surface area contributed by atoms with Crippen molar-refractivity contribution in [3.05, 3.63) is 11.5 Å². The van der Waals surface area contributed by atoms with E-state index in [0.717, 1.165) is 19.6 Å². The molecule has 0 saturated carbocycles. The van der Waals surface area contributed by atoms with Crippen molar-refractivity contribution < 1.29 is 8.42 Å². The third-order valence-corrected chi connectivity index (χ3v) is 4.39. The van der Waals surface area contributed by atoms with Gasteiger partial charge < -0.3 is 10.6 Å². The minimum Gasteiger partial charge on any atom is -0.316 e. The highest BCUT2D eigenvalue weighted by Crippen LogP contribution is 2.11. The first kappa shape index (κ1) is 11.1. The van der Waals surface area contributed by atoms with Gasteiger partial charge in [-0.3, -0.25) is 0 Å². The molecule has 2 N–H and O–H groups in total. The Labute approximate surface area is 91.0 Å². The van der Waals surface area contributed by atoms with Crippen LogP contribution in [0.2, 0.25) is 0 Å². The summed E-state index contributed by atoms with van der Waals surface area (Å²) in [6, 6.07) is 0.0249. The van der Waals surface area contributed by atoms with Crippen molar-refractivity contribution in [1.82, 2.24) is 10.6 Å². The SMILES string of the molecule is O=S1(=O)C=CC(NCC2CCCNC2)C1. The third kappa shape index (κ3) is 3.29. The van der Waals surface area contributed by atoms with Crippen LogP contribution in [0.25, 0.3) is 0 Å². The lowest BCUT2D eigenvalue weighted by molar-refractivity contribution is 0.356. The Kier molecular flexibility index (Phi) is 3.43. The van der Waals surface area contributed by atoms with E-state index in [0.29, 0.717) is 5.92 Å². The average molecular weight is 230 g/mol. The monoisotopic (exact) mass is 230 g/mol. The molecule has 2 heterocycles. The second kappa shape index (κ2) is 4.63. The minimum atomic E-state index is -2.91. The Balaban J connectivity index is 1.72. The molecule has 0 aromatic heterocycles. The maximum atomic E-state index is 11.2. The summed E-state index contributed by atoms with van der Waals surface area (Å²) < 4.78 is 22.3. The topological polar surface area (TPSA) is 58.2 Å². The van der Waals surface area contributed by atoms with Gasteiger partial charge in [0.1, 0.15) is 0 Å². The number of rotatable bonds is 3. The summed E-state index contributed by atoms with van der Waals surface area (Å²) in [7, 11) is -2.91. The van der Waals surface area contributed by atoms with E-state index < -0.39 is 9.84 Å². The molecule has 5 heteroatoms. The lowest BCUT2D eigenvalue weighted by Crippen LogP contribution is -2.40. The van der Waals surface area contributed by atoms with Crippen molar-refractivity contribution in [1.29, 1.82) is 0 Å². The van der Waals surface area contributed by atoms with Crippen LogP contribution >= 0.6 is 0 Å². The highest BCUT2D eigenvalue weighted by molar-refractivity contribution is 7.94. The van der Waals surface area contributed by atoms with Crippen LogP contribution in [0.3, 0.4) is 0 Å². The van der Waals surface area contributed by atoms with Gasteiger partial charge in [-0.2, -0.15) is 0 Å². The molecule has 0 bridgehead atoms. The van der Waals surface area contributed by atoms with Crippen LogP contribution in [-0.4, -0.2) is 39.8 Å². The van der Waals surface area contributed by atoms with E-state index in [9.17, 15) is 8.42 Å². The summed E-state index contributed by atoms with van der Waals surface area (Å²) in [5, 5.41) is 7.97. The largest absolute Gasteiger partial charge is 0.316 e. The molecule has 2 aliphatic rings. The Hall–Kier alpha value is -0.390. The average Bonchev–Trinajstić information content (AvgIpc) is 2.57. The van der Waals surface area contributed by atoms with E-state index in [2.05, 4.69) is 10.6 Å². The Morgan fingerprint density at radius 2 is 2.33 bits per heavy atom. The van der Waals surface area contributed by atoms with Gasteiger partial charge in [-0.25, -0.2) is 8.42 Å². The normalized spacial score (nSPS) is 34.4. The van der Waals surface area contributed by atoms with Gasteiger partial charge in [-0.1, -0.05) is 6.08 Å². The molecule has 0 aliphatic carbocycles. The van der Waals surface area contributed by atoms with Crippen molar-refractivity contribution in [2.75, 3.05) is 25.4 Å². The molecule has 0 aromatic rings. The fourth-order valence-electron chi connectivity index (χ4n) is 2.12. The number of hydrogen-bond donors (Lipinski definition) is 2. The summed E-state index contributed by atoms with van der Waals surface area (Å²) in [6.07, 6.45) is 4.22. The van der Waals surface area contributed by atoms with Gasteiger partial charge in [-0.05, 0) is 38.4 Å². The molecule has 1 saturated heterocycles. The van der Waals surface area contributed by atoms with Gasteiger partial charge in [-0.15, -0.1) is 0 Å². The minimum absolute atomic E-state index is 0.0249. The van der Waals surface area contributed by atoms with Crippen LogP contribution in [0.5, 0.6) is 0 Å². The van der Waals surface area contributed by atoms with Crippen LogP contribution in [-0.2, 0) is 9.84 Å². The van der Waals surface area contributed by atoms with Crippen molar-refractivity contribution >= 4 is 9.84 Å². The molecule has 86 valence electrons. The molecule has 15 heavy (non-hydrogen) atoms. The Bertz CT molecular complexity index is 331. The fourth-order valence-corrected chi connectivity index (χ4v) is 3.39. The second-order valence-electron chi connectivity index (χ2n) is 4.39. The van der Waals surface area contributed by atoms with Gasteiger partial charge in [0.05, 0.1) is 5.75 Å². The van der Waals surface area contributed by atoms with Gasteiger partial charge in [0.2, 0.25) is 0 Å². The van der Waals surface area contributed by atoms with E-state index in [-0.39, 0.29) is 11.8 Å². The summed E-state index contributed by atoms with van der Waals surface area (Å²) in [4.78, 5) is 0. The lowest BCUT2D eigenvalue weighted by atomic mass is 9.99. The molecular weight excluding hydrogens is 212 g/mol. The zero-order chi connectivity index (χ0) is 10.7. The zero-order valence-electron chi connectivity index (χ0n) is 8.78. The van der Waals surface area contributed by atoms with E-state index >= 15 is 0 Å². The molecule has 2 unspecified atom stereocenters. The first-order valence-corrected chi connectivity index (χ1v) is 7.22. The molecule has 2 aliphatic heterocycles. The second-order valence-corrected chi connectivity index (χ2v) is 6.32. The maximum Gasteiger partial charge on any atom is 0.173 e. The van der Waals surface area contributed by atoms with Gasteiger partial charge in [0, 0.05) is 11.4 Å². The molecule has 1 fully saturated rings. The van der Waals surface area contributed by atoms with E-state index in [4.69, 9.17) is 0 Å². The van der Waals surface area contributed by atoms with Crippen LogP contribution < -0.4 is 10.6 Å². The van der Waals surface area contributed by atoms with Gasteiger partial charge in [0.15, 0.2) is 9.84 Å². The quantitative estimate of drug-likeness (QED) is 0.710. The standard InChI is InChI=1S/C10H18N2O2S/c13-15(14)5-3-10(8-15)12-7-9-2-1-4-11-6-9/h3,5,9-12H,1-2,4,6-8H2. The number of hydrogen-bond acceptors (Lipinski definition) is 4. The van der Waals surface area contributed by atoms with Crippen LogP contribution in [0.15, 0.2) is 11.5 Å². The molecular formula is C10H18N2O2S. The molecule has 2 atom stereocenters. The molecule has 0 radical (unpaired) electrons. The van der Waals surface area contributed by atoms with Crippen LogP contribution in [0.1, 0.15) is 12.8 Å². The van der Waals surface area contributed by atoms with Crippen molar-refractivity contribution in [2.45, 2.75) is 18.9 Å². The van der Waals surface area contributed by atoms with E-state index in [1.807, 2.05) is 0 Å². The summed E-state index contributed by atoms with van der Waals surface area (Å²) in [5.41, 5.74) is 0. The maximum absolute atomic E-state index is 11.2. The first-order chi connectivity index (χ1) is 7.16. The molecule has 0 aromatic carbocycles. The van der Waals surface area contributed by atoms with Crippen molar-refractivity contribution in [3.63, 3.8) is 0 Å². The van der Waals surface area contributed by atoms with Crippen LogP contribution in [0, 0.1) is 5.92 Å². The number of nitrogens with one attached hydrogen (secondary N) is 2. The van der Waals surface area contributed by atoms with E-state index in [1.165, 1.54) is 18.2 Å². The van der Waals surface area contributed by atoms with Crippen molar-refractivity contribution in [2.24, 2.45) is 5.92 Å².